The van der Waals surface area contributed by atoms with Gasteiger partial charge in [-0.25, -0.2) is 4.79 Å². The Hall–Kier alpha value is -3.03. The molecule has 0 saturated carbocycles. The molecule has 0 aliphatic rings. The molecule has 0 aliphatic carbocycles. The number of carbonyl (C=O) groups is 1. The third-order valence-electron chi connectivity index (χ3n) is 6.45. The van der Waals surface area contributed by atoms with Gasteiger partial charge >= 0.3 is 5.97 Å². The molecule has 0 fully saturated rings. The fraction of sp³-hybridized carbons (Fsp3) is 0.300. The van der Waals surface area contributed by atoms with Crippen LogP contribution in [0.5, 0.6) is 0 Å². The first-order chi connectivity index (χ1) is 17.2. The third kappa shape index (κ3) is 6.02. The minimum Gasteiger partial charge on any atom is -0.455 e. The Morgan fingerprint density at radius 3 is 1.81 bits per heavy atom. The molecule has 0 spiro atoms. The van der Waals surface area contributed by atoms with Crippen molar-refractivity contribution in [3.05, 3.63) is 109 Å². The van der Waals surface area contributed by atoms with Crippen LogP contribution in [0.1, 0.15) is 31.1 Å². The predicted molar refractivity (Wildman–Crippen MR) is 146 cm³/mol. The van der Waals surface area contributed by atoms with E-state index in [-0.39, 0.29) is 11.6 Å². The molecule has 0 amide bonds. The average Bonchev–Trinajstić information content (AvgIpc) is 2.90. The quantitative estimate of drug-likeness (QED) is 0.235. The minimum absolute atomic E-state index is 0.153. The molecule has 0 aliphatic heterocycles. The first-order valence-corrected chi connectivity index (χ1v) is 14.1. The van der Waals surface area contributed by atoms with E-state index < -0.39 is 39.0 Å². The summed E-state index contributed by atoms with van der Waals surface area (Å²) in [5.74, 6) is -1.13. The molecular formula is C30H36O5Si. The molecule has 0 unspecified atom stereocenters. The number of esters is 1. The summed E-state index contributed by atoms with van der Waals surface area (Å²) < 4.78 is 12.7. The highest BCUT2D eigenvalue weighted by molar-refractivity contribution is 6.99. The maximum atomic E-state index is 12.8. The van der Waals surface area contributed by atoms with Crippen LogP contribution in [-0.2, 0) is 9.16 Å². The second-order valence-corrected chi connectivity index (χ2v) is 14.2. The molecular weight excluding hydrogens is 468 g/mol. The van der Waals surface area contributed by atoms with Crippen LogP contribution in [0.15, 0.2) is 104 Å². The maximum Gasteiger partial charge on any atom is 0.338 e. The molecule has 3 atom stereocenters. The van der Waals surface area contributed by atoms with Gasteiger partial charge in [-0.2, -0.15) is 0 Å². The summed E-state index contributed by atoms with van der Waals surface area (Å²) >= 11 is 0. The molecule has 0 bridgehead atoms. The predicted octanol–water partition coefficient (Wildman–Crippen LogP) is 3.94. The first kappa shape index (κ1) is 27.6. The SMILES string of the molecule is C=C[C@H](CO[Si](c1ccccc1)(c1ccccc1)C(C)(C)C)[C@H](OC(=O)c1ccccc1)[C@H](O)CO. The Morgan fingerprint density at radius 1 is 0.917 bits per heavy atom. The van der Waals surface area contributed by atoms with E-state index in [0.29, 0.717) is 5.56 Å². The number of ether oxygens (including phenoxy) is 1. The second kappa shape index (κ2) is 12.3. The summed E-state index contributed by atoms with van der Waals surface area (Å²) in [4.78, 5) is 12.8. The van der Waals surface area contributed by atoms with Crippen LogP contribution in [-0.4, -0.2) is 49.9 Å². The molecule has 190 valence electrons. The largest absolute Gasteiger partial charge is 0.455 e. The Bertz CT molecular complexity index is 1060. The fourth-order valence-corrected chi connectivity index (χ4v) is 9.20. The van der Waals surface area contributed by atoms with Crippen LogP contribution in [0, 0.1) is 5.92 Å². The van der Waals surface area contributed by atoms with Gasteiger partial charge in [-0.15, -0.1) is 6.58 Å². The van der Waals surface area contributed by atoms with E-state index in [4.69, 9.17) is 9.16 Å². The summed E-state index contributed by atoms with van der Waals surface area (Å²) in [6.07, 6.45) is -0.693. The highest BCUT2D eigenvalue weighted by atomic mass is 28.4. The van der Waals surface area contributed by atoms with Gasteiger partial charge in [-0.1, -0.05) is 106 Å². The summed E-state index contributed by atoms with van der Waals surface area (Å²) in [6.45, 7) is 10.1. The normalized spacial score (nSPS) is 14.5. The number of benzene rings is 3. The Balaban J connectivity index is 1.98. The number of hydrogen-bond donors (Lipinski definition) is 2. The van der Waals surface area contributed by atoms with Gasteiger partial charge in [0.1, 0.15) is 12.2 Å². The molecule has 3 aromatic carbocycles. The molecule has 3 rings (SSSR count). The summed E-state index contributed by atoms with van der Waals surface area (Å²) in [6, 6.07) is 29.0. The van der Waals surface area contributed by atoms with Crippen LogP contribution < -0.4 is 10.4 Å². The molecule has 3 aromatic rings. The van der Waals surface area contributed by atoms with Crippen molar-refractivity contribution in [2.75, 3.05) is 13.2 Å². The van der Waals surface area contributed by atoms with Crippen molar-refractivity contribution >= 4 is 24.7 Å². The minimum atomic E-state index is -2.86. The lowest BCUT2D eigenvalue weighted by Crippen LogP contribution is -2.67. The molecule has 5 nitrogen and oxygen atoms in total. The van der Waals surface area contributed by atoms with Crippen LogP contribution in [0.3, 0.4) is 0 Å². The first-order valence-electron chi connectivity index (χ1n) is 12.2. The van der Waals surface area contributed by atoms with E-state index >= 15 is 0 Å². The van der Waals surface area contributed by atoms with Crippen molar-refractivity contribution in [1.82, 2.24) is 0 Å². The van der Waals surface area contributed by atoms with Gasteiger partial charge in [0, 0.05) is 12.5 Å². The molecule has 0 aromatic heterocycles. The lowest BCUT2D eigenvalue weighted by atomic mass is 9.98. The Morgan fingerprint density at radius 2 is 1.39 bits per heavy atom. The number of hydrogen-bond acceptors (Lipinski definition) is 5. The molecule has 0 radical (unpaired) electrons. The smallest absolute Gasteiger partial charge is 0.338 e. The van der Waals surface area contributed by atoms with E-state index in [9.17, 15) is 15.0 Å². The van der Waals surface area contributed by atoms with E-state index in [0.717, 1.165) is 10.4 Å². The van der Waals surface area contributed by atoms with Gasteiger partial charge in [0.2, 0.25) is 0 Å². The highest BCUT2D eigenvalue weighted by Crippen LogP contribution is 2.37. The zero-order valence-corrected chi connectivity index (χ0v) is 22.2. The third-order valence-corrected chi connectivity index (χ3v) is 11.5. The molecule has 6 heteroatoms. The van der Waals surface area contributed by atoms with E-state index in [1.165, 1.54) is 0 Å². The van der Waals surface area contributed by atoms with Crippen molar-refractivity contribution < 1.29 is 24.2 Å². The lowest BCUT2D eigenvalue weighted by molar-refractivity contribution is -0.0590. The lowest BCUT2D eigenvalue weighted by Gasteiger charge is -2.44. The number of aliphatic hydroxyl groups excluding tert-OH is 2. The van der Waals surface area contributed by atoms with Crippen LogP contribution in [0.4, 0.5) is 0 Å². The number of aliphatic hydroxyl groups is 2. The van der Waals surface area contributed by atoms with E-state index in [2.05, 4.69) is 51.6 Å². The maximum absolute atomic E-state index is 12.8. The van der Waals surface area contributed by atoms with Gasteiger partial charge in [0.05, 0.1) is 12.2 Å². The van der Waals surface area contributed by atoms with E-state index in [1.807, 2.05) is 36.4 Å². The monoisotopic (exact) mass is 504 g/mol. The average molecular weight is 505 g/mol. The zero-order chi connectivity index (χ0) is 26.2. The Labute approximate surface area is 215 Å². The van der Waals surface area contributed by atoms with Crippen LogP contribution in [0.25, 0.3) is 0 Å². The summed E-state index contributed by atoms with van der Waals surface area (Å²) in [5, 5.41) is 22.4. The molecule has 2 N–H and O–H groups in total. The topological polar surface area (TPSA) is 76.0 Å². The number of rotatable bonds is 11. The summed E-state index contributed by atoms with van der Waals surface area (Å²) in [5.41, 5.74) is 0.364. The van der Waals surface area contributed by atoms with Crippen molar-refractivity contribution in [3.8, 4) is 0 Å². The molecule has 0 saturated heterocycles. The van der Waals surface area contributed by atoms with E-state index in [1.54, 1.807) is 36.4 Å². The van der Waals surface area contributed by atoms with Gasteiger partial charge in [-0.05, 0) is 27.5 Å². The van der Waals surface area contributed by atoms with Crippen molar-refractivity contribution in [2.45, 2.75) is 38.0 Å². The van der Waals surface area contributed by atoms with Crippen molar-refractivity contribution in [1.29, 1.82) is 0 Å². The molecule has 0 heterocycles. The highest BCUT2D eigenvalue weighted by Gasteiger charge is 2.50. The van der Waals surface area contributed by atoms with Gasteiger partial charge < -0.3 is 19.4 Å². The van der Waals surface area contributed by atoms with Gasteiger partial charge in [0.25, 0.3) is 8.32 Å². The van der Waals surface area contributed by atoms with Crippen LogP contribution >= 0.6 is 0 Å². The van der Waals surface area contributed by atoms with Crippen molar-refractivity contribution in [3.63, 3.8) is 0 Å². The molecule has 36 heavy (non-hydrogen) atoms. The van der Waals surface area contributed by atoms with Gasteiger partial charge in [0.15, 0.2) is 0 Å². The second-order valence-electron chi connectivity index (χ2n) is 9.86. The van der Waals surface area contributed by atoms with Crippen LogP contribution in [0.2, 0.25) is 5.04 Å². The number of carbonyl (C=O) groups excluding carboxylic acids is 1. The van der Waals surface area contributed by atoms with Crippen molar-refractivity contribution in [2.24, 2.45) is 5.92 Å². The fourth-order valence-electron chi connectivity index (χ4n) is 4.60. The van der Waals surface area contributed by atoms with Gasteiger partial charge in [-0.3, -0.25) is 0 Å². The summed E-state index contributed by atoms with van der Waals surface area (Å²) in [7, 11) is -2.86. The Kier molecular flexibility index (Phi) is 9.40. The standard InChI is InChI=1S/C30H36O5Si/c1-5-23(28(27(32)21-31)35-29(33)24-15-9-6-10-16-24)22-34-36(30(2,3)4,25-17-11-7-12-18-25)26-19-13-8-14-20-26/h5-20,23,27-28,31-32H,1,21-22H2,2-4H3/t23-,27-,28+/m1/s1. The zero-order valence-electron chi connectivity index (χ0n) is 21.2.